The van der Waals surface area contributed by atoms with Crippen LogP contribution in [-0.4, -0.2) is 30.7 Å². The van der Waals surface area contributed by atoms with Crippen LogP contribution >= 0.6 is 11.6 Å². The van der Waals surface area contributed by atoms with Crippen molar-refractivity contribution in [2.24, 2.45) is 0 Å². The van der Waals surface area contributed by atoms with Gasteiger partial charge >= 0.3 is 6.36 Å². The van der Waals surface area contributed by atoms with Gasteiger partial charge in [0, 0.05) is 12.2 Å². The summed E-state index contributed by atoms with van der Waals surface area (Å²) in [5, 5.41) is 9.20. The summed E-state index contributed by atoms with van der Waals surface area (Å²) in [6.45, 7) is 4.39. The number of aliphatic hydroxyl groups is 1. The van der Waals surface area contributed by atoms with Crippen LogP contribution in [0, 0.1) is 0 Å². The molecule has 1 N–H and O–H groups in total. The van der Waals surface area contributed by atoms with Gasteiger partial charge in [0.15, 0.2) is 0 Å². The van der Waals surface area contributed by atoms with Crippen molar-refractivity contribution in [1.82, 2.24) is 0 Å². The quantitative estimate of drug-likeness (QED) is 0.866. The molecule has 0 radical (unpaired) electrons. The molecule has 114 valence electrons. The van der Waals surface area contributed by atoms with E-state index in [1.54, 1.807) is 0 Å². The van der Waals surface area contributed by atoms with E-state index < -0.39 is 12.1 Å². The highest BCUT2D eigenvalue weighted by Gasteiger charge is 2.32. The van der Waals surface area contributed by atoms with Gasteiger partial charge in [-0.2, -0.15) is 0 Å². The standard InChI is InChI=1S/C13H17ClF3NO2/c1-3-9(8-19)18(4-2)10-5-6-12(11(14)7-10)20-13(15,16)17/h5-7,9,19H,3-4,8H2,1-2H3. The maximum atomic E-state index is 12.2. The summed E-state index contributed by atoms with van der Waals surface area (Å²) in [7, 11) is 0. The van der Waals surface area contributed by atoms with Gasteiger partial charge in [0.25, 0.3) is 0 Å². The minimum absolute atomic E-state index is 0.0389. The van der Waals surface area contributed by atoms with Crippen LogP contribution < -0.4 is 9.64 Å². The van der Waals surface area contributed by atoms with Crippen LogP contribution in [-0.2, 0) is 0 Å². The third kappa shape index (κ3) is 4.45. The van der Waals surface area contributed by atoms with E-state index in [2.05, 4.69) is 4.74 Å². The third-order valence-electron chi connectivity index (χ3n) is 2.94. The molecule has 1 rings (SSSR count). The van der Waals surface area contributed by atoms with E-state index in [9.17, 15) is 18.3 Å². The van der Waals surface area contributed by atoms with E-state index >= 15 is 0 Å². The summed E-state index contributed by atoms with van der Waals surface area (Å²) in [4.78, 5) is 1.88. The highest BCUT2D eigenvalue weighted by atomic mass is 35.5. The van der Waals surface area contributed by atoms with Crippen LogP contribution in [0.4, 0.5) is 18.9 Å². The lowest BCUT2D eigenvalue weighted by Crippen LogP contribution is -2.37. The van der Waals surface area contributed by atoms with Crippen molar-refractivity contribution in [1.29, 1.82) is 0 Å². The van der Waals surface area contributed by atoms with Crippen LogP contribution in [0.1, 0.15) is 20.3 Å². The average Bonchev–Trinajstić information content (AvgIpc) is 2.37. The SMILES string of the molecule is CCC(CO)N(CC)c1ccc(OC(F)(F)F)c(Cl)c1. The first-order chi connectivity index (χ1) is 9.32. The second-order valence-electron chi connectivity index (χ2n) is 4.19. The number of halogens is 4. The van der Waals surface area contributed by atoms with E-state index in [-0.39, 0.29) is 17.7 Å². The molecule has 0 amide bonds. The zero-order valence-corrected chi connectivity index (χ0v) is 12.0. The Balaban J connectivity index is 3.00. The van der Waals surface area contributed by atoms with Gasteiger partial charge in [-0.3, -0.25) is 0 Å². The molecular formula is C13H17ClF3NO2. The molecule has 0 fully saturated rings. The Morgan fingerprint density at radius 2 is 2.00 bits per heavy atom. The molecule has 0 heterocycles. The second-order valence-corrected chi connectivity index (χ2v) is 4.60. The van der Waals surface area contributed by atoms with Gasteiger partial charge in [-0.05, 0) is 31.5 Å². The predicted molar refractivity (Wildman–Crippen MR) is 72.3 cm³/mol. The molecule has 0 bridgehead atoms. The molecule has 0 saturated heterocycles. The molecule has 3 nitrogen and oxygen atoms in total. The molecule has 1 aromatic rings. The van der Waals surface area contributed by atoms with Gasteiger partial charge in [-0.25, -0.2) is 0 Å². The second kappa shape index (κ2) is 7.04. The van der Waals surface area contributed by atoms with Gasteiger partial charge in [-0.1, -0.05) is 18.5 Å². The number of hydrogen-bond donors (Lipinski definition) is 1. The summed E-state index contributed by atoms with van der Waals surface area (Å²) in [5.41, 5.74) is 0.646. The monoisotopic (exact) mass is 311 g/mol. The van der Waals surface area contributed by atoms with E-state index in [0.717, 1.165) is 0 Å². The third-order valence-corrected chi connectivity index (χ3v) is 3.23. The first-order valence-corrected chi connectivity index (χ1v) is 6.63. The van der Waals surface area contributed by atoms with E-state index in [0.29, 0.717) is 18.7 Å². The van der Waals surface area contributed by atoms with Crippen molar-refractivity contribution in [2.75, 3.05) is 18.1 Å². The molecule has 0 aliphatic heterocycles. The van der Waals surface area contributed by atoms with Gasteiger partial charge in [-0.15, -0.1) is 13.2 Å². The largest absolute Gasteiger partial charge is 0.573 e. The number of likely N-dealkylation sites (N-methyl/N-ethyl adjacent to an activating group) is 1. The van der Waals surface area contributed by atoms with Crippen LogP contribution in [0.5, 0.6) is 5.75 Å². The number of anilines is 1. The van der Waals surface area contributed by atoms with Crippen molar-refractivity contribution < 1.29 is 23.0 Å². The number of aliphatic hydroxyl groups excluding tert-OH is 1. The van der Waals surface area contributed by atoms with Gasteiger partial charge < -0.3 is 14.7 Å². The predicted octanol–water partition coefficient (Wildman–Crippen LogP) is 3.84. The van der Waals surface area contributed by atoms with E-state index in [1.807, 2.05) is 18.7 Å². The molecule has 7 heteroatoms. The lowest BCUT2D eigenvalue weighted by atomic mass is 10.1. The van der Waals surface area contributed by atoms with Crippen molar-refractivity contribution in [3.63, 3.8) is 0 Å². The molecule has 0 aliphatic rings. The van der Waals surface area contributed by atoms with Crippen LogP contribution in [0.2, 0.25) is 5.02 Å². The maximum Gasteiger partial charge on any atom is 0.573 e. The molecule has 0 aliphatic carbocycles. The molecule has 1 atom stereocenters. The first kappa shape index (κ1) is 16.9. The molecule has 1 unspecified atom stereocenters. The van der Waals surface area contributed by atoms with E-state index in [1.165, 1.54) is 18.2 Å². The Hall–Kier alpha value is -1.14. The maximum absolute atomic E-state index is 12.2. The van der Waals surface area contributed by atoms with Crippen molar-refractivity contribution in [3.8, 4) is 5.75 Å². The van der Waals surface area contributed by atoms with Gasteiger partial charge in [0.2, 0.25) is 0 Å². The number of rotatable bonds is 6. The number of benzene rings is 1. The highest BCUT2D eigenvalue weighted by molar-refractivity contribution is 6.32. The summed E-state index contributed by atoms with van der Waals surface area (Å²) in [5.74, 6) is -0.434. The summed E-state index contributed by atoms with van der Waals surface area (Å²) < 4.78 is 40.3. The summed E-state index contributed by atoms with van der Waals surface area (Å²) in [6, 6.07) is 3.97. The van der Waals surface area contributed by atoms with Crippen LogP contribution in [0.25, 0.3) is 0 Å². The Labute approximate surface area is 120 Å². The first-order valence-electron chi connectivity index (χ1n) is 6.25. The van der Waals surface area contributed by atoms with Gasteiger partial charge in [0.05, 0.1) is 17.7 Å². The Morgan fingerprint density at radius 3 is 2.40 bits per heavy atom. The summed E-state index contributed by atoms with van der Waals surface area (Å²) >= 11 is 5.81. The zero-order valence-electron chi connectivity index (χ0n) is 11.2. The number of ether oxygens (including phenoxy) is 1. The van der Waals surface area contributed by atoms with Crippen molar-refractivity contribution >= 4 is 17.3 Å². The van der Waals surface area contributed by atoms with Crippen LogP contribution in [0.3, 0.4) is 0 Å². The minimum atomic E-state index is -4.77. The fourth-order valence-electron chi connectivity index (χ4n) is 1.98. The molecule has 1 aromatic carbocycles. The number of hydrogen-bond acceptors (Lipinski definition) is 3. The lowest BCUT2D eigenvalue weighted by molar-refractivity contribution is -0.274. The Kier molecular flexibility index (Phi) is 5.95. The molecule has 0 aromatic heterocycles. The van der Waals surface area contributed by atoms with Crippen molar-refractivity contribution in [2.45, 2.75) is 32.7 Å². The van der Waals surface area contributed by atoms with Crippen LogP contribution in [0.15, 0.2) is 18.2 Å². The average molecular weight is 312 g/mol. The minimum Gasteiger partial charge on any atom is -0.404 e. The molecule has 20 heavy (non-hydrogen) atoms. The highest BCUT2D eigenvalue weighted by Crippen LogP contribution is 2.33. The van der Waals surface area contributed by atoms with E-state index in [4.69, 9.17) is 11.6 Å². The molecule has 0 spiro atoms. The smallest absolute Gasteiger partial charge is 0.404 e. The molecule has 0 saturated carbocycles. The molecular weight excluding hydrogens is 295 g/mol. The lowest BCUT2D eigenvalue weighted by Gasteiger charge is -2.31. The fourth-order valence-corrected chi connectivity index (χ4v) is 2.19. The Morgan fingerprint density at radius 1 is 1.35 bits per heavy atom. The topological polar surface area (TPSA) is 32.7 Å². The zero-order chi connectivity index (χ0) is 15.3. The van der Waals surface area contributed by atoms with Gasteiger partial charge in [0.1, 0.15) is 5.75 Å². The number of alkyl halides is 3. The number of nitrogens with zero attached hydrogens (tertiary/aromatic N) is 1. The normalized spacial score (nSPS) is 13.2. The summed E-state index contributed by atoms with van der Waals surface area (Å²) in [6.07, 6.45) is -4.06. The van der Waals surface area contributed by atoms with Crippen molar-refractivity contribution in [3.05, 3.63) is 23.2 Å². The Bertz CT molecular complexity index is 436. The fraction of sp³-hybridized carbons (Fsp3) is 0.538.